The monoisotopic (exact) mass is 882 g/mol. The van der Waals surface area contributed by atoms with Crippen LogP contribution in [-0.2, 0) is 4.79 Å². The maximum absolute atomic E-state index is 11.9. The van der Waals surface area contributed by atoms with Crippen molar-refractivity contribution in [2.24, 2.45) is 5.92 Å². The molecule has 0 aliphatic carbocycles. The highest BCUT2D eigenvalue weighted by atomic mass is 32.2. The van der Waals surface area contributed by atoms with Gasteiger partial charge in [-0.05, 0) is 83.4 Å². The topological polar surface area (TPSA) is 135 Å². The molecule has 13 heteroatoms. The lowest BCUT2D eigenvalue weighted by molar-refractivity contribution is -0.109. The van der Waals surface area contributed by atoms with Gasteiger partial charge >= 0.3 is 17.2 Å². The van der Waals surface area contributed by atoms with Gasteiger partial charge in [0.25, 0.3) is 0 Å². The third-order valence-corrected chi connectivity index (χ3v) is 12.0. The number of aldehydes is 4. The van der Waals surface area contributed by atoms with Gasteiger partial charge in [-0.15, -0.1) is 6.58 Å². The van der Waals surface area contributed by atoms with Gasteiger partial charge in [0.2, 0.25) is 0 Å². The summed E-state index contributed by atoms with van der Waals surface area (Å²) in [7, 11) is -4.84. The first-order chi connectivity index (χ1) is 30.4. The summed E-state index contributed by atoms with van der Waals surface area (Å²) in [5, 5.41) is 3.52. The smallest absolute Gasteiger partial charge is 0.417 e. The van der Waals surface area contributed by atoms with Crippen LogP contribution in [0.4, 0.5) is 0 Å². The number of benzene rings is 7. The molecule has 312 valence electrons. The van der Waals surface area contributed by atoms with Crippen LogP contribution in [0.1, 0.15) is 44.4 Å². The minimum absolute atomic E-state index is 0.00111. The Labute approximate surface area is 365 Å². The molecule has 0 saturated carbocycles. The third-order valence-electron chi connectivity index (χ3n) is 9.02. The maximum Gasteiger partial charge on any atom is 0.530 e. The highest BCUT2D eigenvalue weighted by Crippen LogP contribution is 2.52. The second-order valence-corrected chi connectivity index (χ2v) is 15.9. The summed E-state index contributed by atoms with van der Waals surface area (Å²) in [6.07, 6.45) is 9.25. The fourth-order valence-electron chi connectivity index (χ4n) is 5.87. The molecule has 0 bridgehead atoms. The average molecular weight is 883 g/mol. The zero-order chi connectivity index (χ0) is 43.7. The Bertz CT molecular complexity index is 2640. The van der Waals surface area contributed by atoms with E-state index in [0.29, 0.717) is 51.3 Å². The van der Waals surface area contributed by atoms with Gasteiger partial charge in [0.15, 0.2) is 18.9 Å². The summed E-state index contributed by atoms with van der Waals surface area (Å²) in [4.78, 5) is 57.9. The molecule has 62 heavy (non-hydrogen) atoms. The fourth-order valence-corrected chi connectivity index (χ4v) is 8.98. The van der Waals surface area contributed by atoms with Crippen LogP contribution in [0.3, 0.4) is 0 Å². The molecule has 2 atom stereocenters. The summed E-state index contributed by atoms with van der Waals surface area (Å²) in [5.74, 6) is 1.39. The first-order valence-corrected chi connectivity index (χ1v) is 22.2. The lowest BCUT2D eigenvalue weighted by Crippen LogP contribution is -2.05. The van der Waals surface area contributed by atoms with E-state index in [4.69, 9.17) is 22.6 Å². The molecule has 1 N–H and O–H groups in total. The van der Waals surface area contributed by atoms with Gasteiger partial charge in [-0.25, -0.2) is 0 Å². The maximum atomic E-state index is 11.9. The molecule has 0 heterocycles. The van der Waals surface area contributed by atoms with E-state index in [9.17, 15) is 24.1 Å². The molecule has 0 amide bonds. The molecule has 0 spiro atoms. The largest absolute Gasteiger partial charge is 0.530 e. The van der Waals surface area contributed by atoms with Crippen LogP contribution in [0.2, 0.25) is 0 Å². The van der Waals surface area contributed by atoms with Gasteiger partial charge in [0.1, 0.15) is 35.0 Å². The van der Waals surface area contributed by atoms with Crippen LogP contribution < -0.4 is 22.6 Å². The molecule has 10 nitrogen and oxygen atoms in total. The van der Waals surface area contributed by atoms with Gasteiger partial charge in [-0.2, -0.15) is 0 Å². The number of carbonyl (C=O) groups is 4. The number of allylic oxidation sites excluding steroid dienone is 3. The van der Waals surface area contributed by atoms with Crippen LogP contribution in [-0.4, -0.2) is 30.0 Å². The number of para-hydroxylation sites is 3. The van der Waals surface area contributed by atoms with Gasteiger partial charge in [0.05, 0.1) is 26.5 Å². The first kappa shape index (κ1) is 44.9. The van der Waals surface area contributed by atoms with Gasteiger partial charge in [-0.3, -0.25) is 14.4 Å². The van der Waals surface area contributed by atoms with Crippen molar-refractivity contribution in [2.75, 3.05) is 0 Å². The van der Waals surface area contributed by atoms with Crippen molar-refractivity contribution in [2.45, 2.75) is 23.1 Å². The van der Waals surface area contributed by atoms with E-state index in [-0.39, 0.29) is 28.7 Å². The van der Waals surface area contributed by atoms with E-state index in [1.807, 2.05) is 79.7 Å². The molecular formula is C49H40O10P2S. The Morgan fingerprint density at radius 2 is 0.952 bits per heavy atom. The molecule has 7 rings (SSSR count). The van der Waals surface area contributed by atoms with Gasteiger partial charge in [-0.1, -0.05) is 127 Å². The summed E-state index contributed by atoms with van der Waals surface area (Å²) >= 11 is 1.35. The minimum atomic E-state index is -2.52. The summed E-state index contributed by atoms with van der Waals surface area (Å²) in [6.45, 7) is 5.46. The van der Waals surface area contributed by atoms with E-state index in [2.05, 4.69) is 6.58 Å². The fraction of sp³-hybridized carbons (Fsp3) is 0.0612. The zero-order valence-corrected chi connectivity index (χ0v) is 35.9. The Morgan fingerprint density at radius 3 is 1.40 bits per heavy atom. The molecular weight excluding hydrogens is 843 g/mol. The van der Waals surface area contributed by atoms with Crippen molar-refractivity contribution in [1.29, 1.82) is 0 Å². The number of carbonyl (C=O) groups excluding carboxylic acids is 4. The second kappa shape index (κ2) is 22.8. The summed E-state index contributed by atoms with van der Waals surface area (Å²) < 4.78 is 30.9. The van der Waals surface area contributed by atoms with Crippen molar-refractivity contribution < 1.29 is 46.7 Å². The summed E-state index contributed by atoms with van der Waals surface area (Å²) in [5.41, 5.74) is 0.857. The van der Waals surface area contributed by atoms with Gasteiger partial charge < -0.3 is 32.3 Å². The molecule has 0 aliphatic heterocycles. The Balaban J connectivity index is 0.000000642. The molecule has 0 fully saturated rings. The van der Waals surface area contributed by atoms with E-state index in [1.54, 1.807) is 91.0 Å². The SMILES string of the molecule is C=CC(C=O)C/C=C\C.O=Cc1ccccc1OP(O)Oc1ccc2ccccc2c1Sc1c(OP(Oc2ccccc2C=O)Oc2ccccc2C=O)ccc2ccccc12. The predicted molar refractivity (Wildman–Crippen MR) is 246 cm³/mol. The number of fused-ring (bicyclic) bond motifs is 2. The van der Waals surface area contributed by atoms with E-state index < -0.39 is 17.2 Å². The van der Waals surface area contributed by atoms with Gasteiger partial charge in [0, 0.05) is 5.92 Å². The van der Waals surface area contributed by atoms with Crippen molar-refractivity contribution >= 4 is 75.7 Å². The lowest BCUT2D eigenvalue weighted by atomic mass is 10.1. The Kier molecular flexibility index (Phi) is 16.6. The lowest BCUT2D eigenvalue weighted by Gasteiger charge is -2.22. The van der Waals surface area contributed by atoms with Crippen molar-refractivity contribution in [1.82, 2.24) is 0 Å². The molecule has 7 aromatic rings. The van der Waals surface area contributed by atoms with Crippen LogP contribution in [0.25, 0.3) is 21.5 Å². The quantitative estimate of drug-likeness (QED) is 0.0472. The number of rotatable bonds is 19. The Morgan fingerprint density at radius 1 is 0.548 bits per heavy atom. The molecule has 2 unspecified atom stereocenters. The van der Waals surface area contributed by atoms with E-state index >= 15 is 0 Å². The van der Waals surface area contributed by atoms with Crippen LogP contribution in [0.15, 0.2) is 180 Å². The van der Waals surface area contributed by atoms with Crippen LogP contribution in [0, 0.1) is 5.92 Å². The van der Waals surface area contributed by atoms with Crippen molar-refractivity contribution in [3.63, 3.8) is 0 Å². The number of hydrogen-bond donors (Lipinski definition) is 1. The molecule has 0 saturated heterocycles. The zero-order valence-electron chi connectivity index (χ0n) is 33.3. The van der Waals surface area contributed by atoms with Crippen LogP contribution >= 0.6 is 29.0 Å². The Hall–Kier alpha value is -6.61. The molecule has 0 radical (unpaired) electrons. The van der Waals surface area contributed by atoms with Crippen molar-refractivity contribution in [3.8, 4) is 28.7 Å². The number of hydrogen-bond acceptors (Lipinski definition) is 11. The minimum Gasteiger partial charge on any atom is -0.417 e. The molecule has 7 aromatic carbocycles. The van der Waals surface area contributed by atoms with Crippen molar-refractivity contribution in [3.05, 3.63) is 187 Å². The normalized spacial score (nSPS) is 11.8. The van der Waals surface area contributed by atoms with E-state index in [0.717, 1.165) is 34.3 Å². The second-order valence-electron chi connectivity index (χ2n) is 13.1. The third kappa shape index (κ3) is 11.6. The molecule has 0 aromatic heterocycles. The average Bonchev–Trinajstić information content (AvgIpc) is 3.31. The standard InChI is InChI=1S/C41H28O9P2S.C8H12O/c42-25-30-13-3-8-18-35(30)46-51(45)47-38-23-21-28-11-1-6-16-33(28)40(38)53-41-34-17-7-2-12-29(34)22-24-39(41)50-52(48-36-19-9-4-14-31(36)26-43)49-37-20-10-5-15-32(37)27-44;1-3-5-6-8(4-2)7-9/h1-27,45H;3-5,7-8H,2,6H2,1H3/b;5-3-. The highest BCUT2D eigenvalue weighted by Gasteiger charge is 2.27. The van der Waals surface area contributed by atoms with E-state index in [1.165, 1.54) is 11.8 Å². The predicted octanol–water partition coefficient (Wildman–Crippen LogP) is 13.0. The first-order valence-electron chi connectivity index (χ1n) is 19.1. The van der Waals surface area contributed by atoms with Crippen LogP contribution in [0.5, 0.6) is 28.7 Å². The molecule has 0 aliphatic rings. The summed E-state index contributed by atoms with van der Waals surface area (Å²) in [6, 6.07) is 42.8. The highest BCUT2D eigenvalue weighted by molar-refractivity contribution is 8.00.